The minimum atomic E-state index is -6.58. The number of anilines is 1. The molecule has 0 bridgehead atoms. The number of nitrogens with one attached hydrogen (secondary N) is 1. The monoisotopic (exact) mass is 383 g/mol. The Hall–Kier alpha value is -2.59. The number of nitrogens with zero attached hydrogens (tertiary/aromatic N) is 2. The minimum Gasteiger partial charge on any atom is -0.304 e. The van der Waals surface area contributed by atoms with Crippen molar-refractivity contribution in [1.82, 2.24) is 9.78 Å². The molecule has 2 aromatic rings. The summed E-state index contributed by atoms with van der Waals surface area (Å²) in [5.41, 5.74) is 1.76. The molecule has 142 valence electrons. The smallest absolute Gasteiger partial charge is 0.304 e. The van der Waals surface area contributed by atoms with Gasteiger partial charge in [0.25, 0.3) is 0 Å². The molecule has 1 amide bonds. The van der Waals surface area contributed by atoms with Crippen LogP contribution in [0.25, 0.3) is 0 Å². The van der Waals surface area contributed by atoms with Crippen molar-refractivity contribution in [3.63, 3.8) is 0 Å². The first kappa shape index (κ1) is 19.7. The second kappa shape index (κ2) is 6.61. The lowest BCUT2D eigenvalue weighted by molar-refractivity contribution is -0.343. The topological polar surface area (TPSA) is 46.9 Å². The maximum absolute atomic E-state index is 13.3. The van der Waals surface area contributed by atoms with Gasteiger partial charge in [-0.25, -0.2) is 0 Å². The Morgan fingerprint density at radius 2 is 1.62 bits per heavy atom. The number of rotatable bonds is 5. The van der Waals surface area contributed by atoms with Crippen LogP contribution in [-0.4, -0.2) is 33.7 Å². The summed E-state index contributed by atoms with van der Waals surface area (Å²) in [6, 6.07) is 8.12. The molecule has 0 aliphatic heterocycles. The van der Waals surface area contributed by atoms with Crippen LogP contribution in [0.3, 0.4) is 0 Å². The van der Waals surface area contributed by atoms with Crippen molar-refractivity contribution in [2.45, 2.75) is 31.5 Å². The second-order valence-electron chi connectivity index (χ2n) is 5.48. The van der Waals surface area contributed by atoms with Crippen molar-refractivity contribution in [3.05, 3.63) is 47.7 Å². The number of hydrogen-bond acceptors (Lipinski definition) is 2. The van der Waals surface area contributed by atoms with Crippen LogP contribution in [0.2, 0.25) is 0 Å². The number of amides is 1. The van der Waals surface area contributed by atoms with Crippen molar-refractivity contribution in [3.8, 4) is 0 Å². The number of aromatic nitrogens is 2. The lowest BCUT2D eigenvalue weighted by atomic mass is 10.1. The number of carbonyl (C=O) groups is 1. The van der Waals surface area contributed by atoms with E-state index < -0.39 is 29.7 Å². The van der Waals surface area contributed by atoms with Crippen molar-refractivity contribution >= 4 is 11.7 Å². The van der Waals surface area contributed by atoms with Crippen molar-refractivity contribution in [1.29, 1.82) is 0 Å². The van der Waals surface area contributed by atoms with Gasteiger partial charge < -0.3 is 5.32 Å². The molecule has 0 unspecified atom stereocenters. The van der Waals surface area contributed by atoms with Gasteiger partial charge in [-0.1, -0.05) is 29.8 Å². The number of carbonyl (C=O) groups excluding carboxylic acids is 1. The Morgan fingerprint density at radius 1 is 1.04 bits per heavy atom. The molecule has 1 aromatic carbocycles. The summed E-state index contributed by atoms with van der Waals surface area (Å²) in [6.07, 6.45) is -5.34. The maximum Gasteiger partial charge on any atom is 0.460 e. The summed E-state index contributed by atoms with van der Waals surface area (Å²) in [5, 5.41) is 4.93. The van der Waals surface area contributed by atoms with Crippen molar-refractivity contribution < 1.29 is 35.5 Å². The van der Waals surface area contributed by atoms with E-state index in [-0.39, 0.29) is 6.54 Å². The van der Waals surface area contributed by atoms with E-state index in [1.165, 1.54) is 16.2 Å². The number of hydrogen-bond donors (Lipinski definition) is 1. The standard InChI is InChI=1S/C15H12F7N3O/c1-9-2-4-10(5-3-9)8-25-7-6-11(24-25)23-12(26)13(16,17)14(18,19)15(20,21)22/h2-7H,8H2,1H3,(H,23,24,26). The molecular weight excluding hydrogens is 371 g/mol. The minimum absolute atomic E-state index is 0.172. The van der Waals surface area contributed by atoms with E-state index in [2.05, 4.69) is 5.10 Å². The lowest BCUT2D eigenvalue weighted by Crippen LogP contribution is -2.57. The first-order valence-electron chi connectivity index (χ1n) is 7.07. The van der Waals surface area contributed by atoms with E-state index in [1.54, 1.807) is 24.3 Å². The van der Waals surface area contributed by atoms with Gasteiger partial charge in [-0.2, -0.15) is 35.8 Å². The van der Waals surface area contributed by atoms with E-state index in [0.717, 1.165) is 17.2 Å². The number of alkyl halides is 7. The fourth-order valence-electron chi connectivity index (χ4n) is 1.91. The fraction of sp³-hybridized carbons (Fsp3) is 0.333. The average Bonchev–Trinajstić information content (AvgIpc) is 2.95. The van der Waals surface area contributed by atoms with Gasteiger partial charge in [-0.3, -0.25) is 9.48 Å². The molecule has 0 atom stereocenters. The van der Waals surface area contributed by atoms with E-state index in [9.17, 15) is 35.5 Å². The summed E-state index contributed by atoms with van der Waals surface area (Å²) in [7, 11) is 0. The third-order valence-electron chi connectivity index (χ3n) is 3.38. The van der Waals surface area contributed by atoms with Crippen LogP contribution in [-0.2, 0) is 11.3 Å². The van der Waals surface area contributed by atoms with E-state index in [4.69, 9.17) is 0 Å². The van der Waals surface area contributed by atoms with Gasteiger partial charge in [0, 0.05) is 12.3 Å². The van der Waals surface area contributed by atoms with Crippen molar-refractivity contribution in [2.24, 2.45) is 0 Å². The zero-order chi connectivity index (χ0) is 19.8. The van der Waals surface area contributed by atoms with Gasteiger partial charge in [-0.15, -0.1) is 0 Å². The van der Waals surface area contributed by atoms with Crippen molar-refractivity contribution in [2.75, 3.05) is 5.32 Å². The molecule has 4 nitrogen and oxygen atoms in total. The van der Waals surface area contributed by atoms with Crippen LogP contribution in [0.5, 0.6) is 0 Å². The van der Waals surface area contributed by atoms with E-state index in [1.807, 2.05) is 6.92 Å². The predicted octanol–water partition coefficient (Wildman–Crippen LogP) is 4.01. The summed E-state index contributed by atoms with van der Waals surface area (Å²) >= 11 is 0. The highest BCUT2D eigenvalue weighted by molar-refractivity contribution is 5.96. The molecule has 0 spiro atoms. The van der Waals surface area contributed by atoms with Crippen LogP contribution in [0.4, 0.5) is 36.6 Å². The predicted molar refractivity (Wildman–Crippen MR) is 77.1 cm³/mol. The molecule has 1 N–H and O–H groups in total. The number of aryl methyl sites for hydroxylation is 1. The zero-order valence-electron chi connectivity index (χ0n) is 13.1. The molecule has 0 radical (unpaired) electrons. The van der Waals surface area contributed by atoms with Crippen LogP contribution in [0, 0.1) is 6.92 Å². The first-order valence-corrected chi connectivity index (χ1v) is 7.07. The van der Waals surface area contributed by atoms with Gasteiger partial charge >= 0.3 is 23.9 Å². The van der Waals surface area contributed by atoms with Crippen LogP contribution in [0.15, 0.2) is 36.5 Å². The molecular formula is C15H12F7N3O. The van der Waals surface area contributed by atoms with Gasteiger partial charge in [0.05, 0.1) is 6.54 Å². The first-order chi connectivity index (χ1) is 11.8. The molecule has 1 heterocycles. The molecule has 2 rings (SSSR count). The Balaban J connectivity index is 2.10. The largest absolute Gasteiger partial charge is 0.460 e. The van der Waals surface area contributed by atoms with E-state index in [0.29, 0.717) is 0 Å². The quantitative estimate of drug-likeness (QED) is 0.794. The molecule has 0 fully saturated rings. The zero-order valence-corrected chi connectivity index (χ0v) is 13.1. The van der Waals surface area contributed by atoms with Gasteiger partial charge in [0.1, 0.15) is 0 Å². The Kier molecular flexibility index (Phi) is 5.02. The molecule has 0 saturated heterocycles. The van der Waals surface area contributed by atoms with Gasteiger partial charge in [-0.05, 0) is 12.5 Å². The molecule has 0 saturated carbocycles. The normalized spacial score (nSPS) is 12.9. The lowest BCUT2D eigenvalue weighted by Gasteiger charge is -2.26. The summed E-state index contributed by atoms with van der Waals surface area (Å²) in [4.78, 5) is 11.2. The Labute approximate surface area is 142 Å². The average molecular weight is 383 g/mol. The maximum atomic E-state index is 13.3. The summed E-state index contributed by atoms with van der Waals surface area (Å²) in [5.74, 6) is -15.9. The third kappa shape index (κ3) is 3.81. The SMILES string of the molecule is Cc1ccc(Cn2ccc(NC(=O)C(F)(F)C(F)(F)C(F)(F)F)n2)cc1. The molecule has 1 aromatic heterocycles. The highest BCUT2D eigenvalue weighted by Crippen LogP contribution is 2.46. The highest BCUT2D eigenvalue weighted by atomic mass is 19.4. The second-order valence-corrected chi connectivity index (χ2v) is 5.48. The molecule has 0 aliphatic carbocycles. The number of halogens is 7. The Bertz CT molecular complexity index is 781. The number of benzene rings is 1. The van der Waals surface area contributed by atoms with Gasteiger partial charge in [0.15, 0.2) is 5.82 Å². The van der Waals surface area contributed by atoms with Gasteiger partial charge in [0.2, 0.25) is 0 Å². The third-order valence-corrected chi connectivity index (χ3v) is 3.38. The molecule has 26 heavy (non-hydrogen) atoms. The van der Waals surface area contributed by atoms with E-state index >= 15 is 0 Å². The summed E-state index contributed by atoms with van der Waals surface area (Å²) < 4.78 is 89.6. The molecule has 11 heteroatoms. The van der Waals surface area contributed by atoms with Crippen LogP contribution < -0.4 is 5.32 Å². The Morgan fingerprint density at radius 3 is 2.15 bits per heavy atom. The molecule has 0 aliphatic rings. The summed E-state index contributed by atoms with van der Waals surface area (Å²) in [6.45, 7) is 2.04. The highest BCUT2D eigenvalue weighted by Gasteiger charge is 2.76. The van der Waals surface area contributed by atoms with Crippen LogP contribution in [0.1, 0.15) is 11.1 Å². The fourth-order valence-corrected chi connectivity index (χ4v) is 1.91. The van der Waals surface area contributed by atoms with Crippen LogP contribution >= 0.6 is 0 Å².